The van der Waals surface area contributed by atoms with Crippen LogP contribution in [0.1, 0.15) is 25.3 Å². The Balaban J connectivity index is 1.78. The van der Waals surface area contributed by atoms with Gasteiger partial charge in [0.1, 0.15) is 0 Å². The van der Waals surface area contributed by atoms with Gasteiger partial charge in [0.2, 0.25) is 5.95 Å². The molecular formula is C16H24N6. The summed E-state index contributed by atoms with van der Waals surface area (Å²) in [5, 5.41) is 12.3. The van der Waals surface area contributed by atoms with Crippen LogP contribution < -0.4 is 4.90 Å². The Morgan fingerprint density at radius 2 is 1.86 bits per heavy atom. The maximum absolute atomic E-state index is 4.26. The van der Waals surface area contributed by atoms with E-state index in [1.54, 1.807) is 0 Å². The Morgan fingerprint density at radius 3 is 2.64 bits per heavy atom. The zero-order valence-electron chi connectivity index (χ0n) is 13.4. The average molecular weight is 300 g/mol. The molecule has 0 bridgehead atoms. The lowest BCUT2D eigenvalue weighted by atomic mass is 10.2. The van der Waals surface area contributed by atoms with Gasteiger partial charge in [-0.25, -0.2) is 0 Å². The topological polar surface area (TPSA) is 50.1 Å². The molecule has 0 unspecified atom stereocenters. The minimum atomic E-state index is 0.849. The monoisotopic (exact) mass is 300 g/mol. The van der Waals surface area contributed by atoms with Crippen LogP contribution in [0.3, 0.4) is 0 Å². The molecule has 0 spiro atoms. The van der Waals surface area contributed by atoms with Gasteiger partial charge in [-0.2, -0.15) is 4.68 Å². The van der Waals surface area contributed by atoms with Crippen LogP contribution in [0.4, 0.5) is 5.95 Å². The van der Waals surface area contributed by atoms with Crippen molar-refractivity contribution in [2.75, 3.05) is 37.6 Å². The molecule has 0 saturated carbocycles. The van der Waals surface area contributed by atoms with E-state index in [2.05, 4.69) is 63.4 Å². The standard InChI is InChI=1S/C16H24N6/c1-3-9-20-10-4-11-21(13-12-20)16-17-18-19-22(16)15-7-5-14(2)6-8-15/h5-8H,3-4,9-13H2,1-2H3. The van der Waals surface area contributed by atoms with E-state index >= 15 is 0 Å². The van der Waals surface area contributed by atoms with Crippen LogP contribution in [-0.4, -0.2) is 57.8 Å². The van der Waals surface area contributed by atoms with Gasteiger partial charge in [-0.3, -0.25) is 0 Å². The van der Waals surface area contributed by atoms with Crippen molar-refractivity contribution in [3.05, 3.63) is 29.8 Å². The lowest BCUT2D eigenvalue weighted by Crippen LogP contribution is -2.32. The molecule has 118 valence electrons. The van der Waals surface area contributed by atoms with Crippen molar-refractivity contribution < 1.29 is 0 Å². The van der Waals surface area contributed by atoms with E-state index in [0.29, 0.717) is 0 Å². The molecule has 6 nitrogen and oxygen atoms in total. The van der Waals surface area contributed by atoms with Crippen LogP contribution in [-0.2, 0) is 0 Å². The van der Waals surface area contributed by atoms with Crippen molar-refractivity contribution >= 4 is 5.95 Å². The summed E-state index contributed by atoms with van der Waals surface area (Å²) in [6, 6.07) is 8.31. The van der Waals surface area contributed by atoms with Gasteiger partial charge >= 0.3 is 0 Å². The molecule has 0 radical (unpaired) electrons. The molecule has 2 aromatic rings. The molecule has 1 fully saturated rings. The molecule has 1 aromatic carbocycles. The molecular weight excluding hydrogens is 276 g/mol. The number of aryl methyl sites for hydroxylation is 1. The average Bonchev–Trinajstić information content (AvgIpc) is 2.89. The zero-order valence-corrected chi connectivity index (χ0v) is 13.4. The van der Waals surface area contributed by atoms with Crippen LogP contribution in [0.15, 0.2) is 24.3 Å². The molecule has 22 heavy (non-hydrogen) atoms. The lowest BCUT2D eigenvalue weighted by molar-refractivity contribution is 0.294. The smallest absolute Gasteiger partial charge is 0.250 e. The normalized spacial score (nSPS) is 16.7. The van der Waals surface area contributed by atoms with E-state index in [4.69, 9.17) is 0 Å². The van der Waals surface area contributed by atoms with Crippen molar-refractivity contribution in [2.24, 2.45) is 0 Å². The molecule has 6 heteroatoms. The summed E-state index contributed by atoms with van der Waals surface area (Å²) in [6.07, 6.45) is 2.36. The second-order valence-corrected chi connectivity index (χ2v) is 5.91. The number of hydrogen-bond donors (Lipinski definition) is 0. The molecule has 1 saturated heterocycles. The van der Waals surface area contributed by atoms with Crippen molar-refractivity contribution in [3.8, 4) is 5.69 Å². The van der Waals surface area contributed by atoms with Crippen molar-refractivity contribution in [2.45, 2.75) is 26.7 Å². The summed E-state index contributed by atoms with van der Waals surface area (Å²) in [5.74, 6) is 0.849. The van der Waals surface area contributed by atoms with E-state index in [1.165, 1.54) is 18.5 Å². The van der Waals surface area contributed by atoms with Crippen LogP contribution in [0, 0.1) is 6.92 Å². The molecule has 3 rings (SSSR count). The highest BCUT2D eigenvalue weighted by molar-refractivity contribution is 5.41. The number of nitrogens with zero attached hydrogens (tertiary/aromatic N) is 6. The van der Waals surface area contributed by atoms with Crippen molar-refractivity contribution in [3.63, 3.8) is 0 Å². The summed E-state index contributed by atoms with van der Waals surface area (Å²) >= 11 is 0. The van der Waals surface area contributed by atoms with Crippen LogP contribution in [0.25, 0.3) is 5.69 Å². The lowest BCUT2D eigenvalue weighted by Gasteiger charge is -2.21. The van der Waals surface area contributed by atoms with Gasteiger partial charge in [0.05, 0.1) is 5.69 Å². The van der Waals surface area contributed by atoms with E-state index < -0.39 is 0 Å². The predicted octanol–water partition coefficient (Wildman–Crippen LogP) is 1.89. The van der Waals surface area contributed by atoms with Crippen LogP contribution in [0.2, 0.25) is 0 Å². The number of aromatic nitrogens is 4. The third kappa shape index (κ3) is 3.27. The predicted molar refractivity (Wildman–Crippen MR) is 87.5 cm³/mol. The van der Waals surface area contributed by atoms with Gasteiger partial charge in [-0.15, -0.1) is 0 Å². The van der Waals surface area contributed by atoms with E-state index in [-0.39, 0.29) is 0 Å². The summed E-state index contributed by atoms with van der Waals surface area (Å²) < 4.78 is 1.84. The molecule has 0 atom stereocenters. The SMILES string of the molecule is CCCN1CCCN(c2nnnn2-c2ccc(C)cc2)CC1. The van der Waals surface area contributed by atoms with Gasteiger partial charge in [0.25, 0.3) is 0 Å². The minimum absolute atomic E-state index is 0.849. The number of hydrogen-bond acceptors (Lipinski definition) is 5. The van der Waals surface area contributed by atoms with Gasteiger partial charge in [-0.1, -0.05) is 29.7 Å². The largest absolute Gasteiger partial charge is 0.338 e. The third-order valence-electron chi connectivity index (χ3n) is 4.14. The van der Waals surface area contributed by atoms with Crippen LogP contribution >= 0.6 is 0 Å². The van der Waals surface area contributed by atoms with Crippen molar-refractivity contribution in [1.82, 2.24) is 25.1 Å². The fourth-order valence-corrected chi connectivity index (χ4v) is 2.94. The third-order valence-corrected chi connectivity index (χ3v) is 4.14. The first-order valence-corrected chi connectivity index (χ1v) is 8.10. The maximum Gasteiger partial charge on any atom is 0.250 e. The Kier molecular flexibility index (Phi) is 4.68. The molecule has 0 aliphatic carbocycles. The minimum Gasteiger partial charge on any atom is -0.338 e. The van der Waals surface area contributed by atoms with E-state index in [0.717, 1.165) is 44.2 Å². The van der Waals surface area contributed by atoms with Crippen molar-refractivity contribution in [1.29, 1.82) is 0 Å². The van der Waals surface area contributed by atoms with Crippen LogP contribution in [0.5, 0.6) is 0 Å². The molecule has 0 N–H and O–H groups in total. The van der Waals surface area contributed by atoms with Gasteiger partial charge in [-0.05, 0) is 55.4 Å². The Hall–Kier alpha value is -1.95. The first-order valence-electron chi connectivity index (χ1n) is 8.10. The summed E-state index contributed by atoms with van der Waals surface area (Å²) in [4.78, 5) is 4.83. The quantitative estimate of drug-likeness (QED) is 0.863. The molecule has 0 amide bonds. The highest BCUT2D eigenvalue weighted by Crippen LogP contribution is 2.17. The first-order chi connectivity index (χ1) is 10.8. The maximum atomic E-state index is 4.26. The number of rotatable bonds is 4. The second-order valence-electron chi connectivity index (χ2n) is 5.91. The number of benzene rings is 1. The van der Waals surface area contributed by atoms with Gasteiger partial charge in [0.15, 0.2) is 0 Å². The summed E-state index contributed by atoms with van der Waals surface area (Å²) in [7, 11) is 0. The molecule has 1 aliphatic rings. The highest BCUT2D eigenvalue weighted by Gasteiger charge is 2.20. The Bertz CT molecular complexity index is 591. The first kappa shape index (κ1) is 15.0. The Labute approximate surface area is 131 Å². The summed E-state index contributed by atoms with van der Waals surface area (Å²) in [6.45, 7) is 9.72. The van der Waals surface area contributed by atoms with E-state index in [9.17, 15) is 0 Å². The fraction of sp³-hybridized carbons (Fsp3) is 0.562. The fourth-order valence-electron chi connectivity index (χ4n) is 2.94. The number of tetrazole rings is 1. The zero-order chi connectivity index (χ0) is 15.4. The molecule has 1 aliphatic heterocycles. The van der Waals surface area contributed by atoms with Gasteiger partial charge < -0.3 is 9.80 Å². The molecule has 2 heterocycles. The number of anilines is 1. The Morgan fingerprint density at radius 1 is 1.05 bits per heavy atom. The highest BCUT2D eigenvalue weighted by atomic mass is 15.6. The summed E-state index contributed by atoms with van der Waals surface area (Å²) in [5.41, 5.74) is 2.25. The van der Waals surface area contributed by atoms with Gasteiger partial charge in [0, 0.05) is 19.6 Å². The van der Waals surface area contributed by atoms with E-state index in [1.807, 2.05) is 4.68 Å². The molecule has 1 aromatic heterocycles. The second kappa shape index (κ2) is 6.87.